The molecule has 0 aliphatic heterocycles. The van der Waals surface area contributed by atoms with Crippen LogP contribution in [-0.2, 0) is 14.3 Å². The van der Waals surface area contributed by atoms with Gasteiger partial charge in [-0.2, -0.15) is 0 Å². The van der Waals surface area contributed by atoms with E-state index >= 15 is 0 Å². The van der Waals surface area contributed by atoms with E-state index in [1.54, 1.807) is 6.26 Å². The molecule has 0 saturated heterocycles. The van der Waals surface area contributed by atoms with Crippen LogP contribution in [0, 0.1) is 0 Å². The largest absolute Gasteiger partial charge is 0.498 e. The summed E-state index contributed by atoms with van der Waals surface area (Å²) in [5.41, 5.74) is 0. The van der Waals surface area contributed by atoms with Crippen molar-refractivity contribution < 1.29 is 14.3 Å². The van der Waals surface area contributed by atoms with E-state index in [2.05, 4.69) is 19.9 Å². The number of hydrogen-bond donors (Lipinski definition) is 0. The van der Waals surface area contributed by atoms with Crippen molar-refractivity contribution in [1.82, 2.24) is 0 Å². The third kappa shape index (κ3) is 37.0. The van der Waals surface area contributed by atoms with Gasteiger partial charge in [-0.3, -0.25) is 4.79 Å². The Kier molecular flexibility index (Phi) is 36.1. The van der Waals surface area contributed by atoms with Crippen LogP contribution in [0.15, 0.2) is 12.3 Å². The number of ether oxygens (including phenoxy) is 2. The maximum Gasteiger partial charge on any atom is 0.305 e. The maximum absolute atomic E-state index is 11.9. The van der Waals surface area contributed by atoms with Crippen LogP contribution >= 0.6 is 0 Å². The van der Waals surface area contributed by atoms with Crippen molar-refractivity contribution in [1.29, 1.82) is 0 Å². The molecule has 0 spiro atoms. The van der Waals surface area contributed by atoms with Gasteiger partial charge in [0.15, 0.2) is 0 Å². The highest BCUT2D eigenvalue weighted by Crippen LogP contribution is 2.15. The molecular weight excluding hydrogens is 504 g/mol. The zero-order valence-corrected chi connectivity index (χ0v) is 28.2. The molecule has 3 nitrogen and oxygen atoms in total. The van der Waals surface area contributed by atoms with E-state index in [0.717, 1.165) is 19.3 Å². The van der Waals surface area contributed by atoms with E-state index in [-0.39, 0.29) is 5.97 Å². The number of rotatable bonds is 35. The normalized spacial score (nSPS) is 11.5. The summed E-state index contributed by atoms with van der Waals surface area (Å²) in [6, 6.07) is 0. The Morgan fingerprint density at radius 3 is 1.17 bits per heavy atom. The van der Waals surface area contributed by atoms with Crippen LogP contribution in [-0.4, -0.2) is 19.2 Å². The summed E-state index contributed by atoms with van der Waals surface area (Å²) >= 11 is 0. The van der Waals surface area contributed by atoms with Gasteiger partial charge in [-0.05, 0) is 25.3 Å². The lowest BCUT2D eigenvalue weighted by Crippen LogP contribution is -2.09. The zero-order chi connectivity index (χ0) is 29.7. The molecule has 0 aromatic heterocycles. The predicted molar refractivity (Wildman–Crippen MR) is 181 cm³/mol. The molecular formula is C38H74O3. The lowest BCUT2D eigenvalue weighted by atomic mass is 10.0. The summed E-state index contributed by atoms with van der Waals surface area (Å²) in [5, 5.41) is 0. The highest BCUT2D eigenvalue weighted by molar-refractivity contribution is 5.69. The molecule has 244 valence electrons. The lowest BCUT2D eigenvalue weighted by molar-refractivity contribution is -0.144. The van der Waals surface area contributed by atoms with Crippen molar-refractivity contribution in [2.24, 2.45) is 0 Å². The molecule has 0 heterocycles. The predicted octanol–water partition coefficient (Wildman–Crippen LogP) is 13.2. The summed E-state index contributed by atoms with van der Waals surface area (Å²) in [4.78, 5) is 11.9. The second-order valence-electron chi connectivity index (χ2n) is 12.5. The molecule has 3 heteroatoms. The number of unbranched alkanes of at least 4 members (excludes halogenated alkanes) is 28. The van der Waals surface area contributed by atoms with Gasteiger partial charge in [0.2, 0.25) is 0 Å². The van der Waals surface area contributed by atoms with Gasteiger partial charge in [0.05, 0.1) is 6.26 Å². The van der Waals surface area contributed by atoms with Crippen LogP contribution < -0.4 is 0 Å². The van der Waals surface area contributed by atoms with E-state index in [1.165, 1.54) is 173 Å². The standard InChI is InChI=1S/C38H74O3/c1-3-5-7-9-11-13-15-17-19-21-23-25-27-29-31-33-35-40-36-37-41-38(39)34-32-30-28-26-24-22-20-18-16-14-12-10-8-6-4-2/h33,35H,3-32,34,36-37H2,1-2H3. The number of esters is 1. The Morgan fingerprint density at radius 1 is 0.439 bits per heavy atom. The van der Waals surface area contributed by atoms with Crippen LogP contribution in [0.4, 0.5) is 0 Å². The number of carbonyl (C=O) groups excluding carboxylic acids is 1. The first-order chi connectivity index (χ1) is 20.3. The Bertz CT molecular complexity index is 516. The summed E-state index contributed by atoms with van der Waals surface area (Å²) in [6.07, 6.45) is 45.2. The Labute approximate surface area is 258 Å². The second kappa shape index (κ2) is 37.0. The first-order valence-corrected chi connectivity index (χ1v) is 18.7. The summed E-state index contributed by atoms with van der Waals surface area (Å²) in [5.74, 6) is -0.0744. The van der Waals surface area contributed by atoms with Crippen LogP contribution in [0.5, 0.6) is 0 Å². The molecule has 0 aromatic rings. The maximum atomic E-state index is 11.9. The first-order valence-electron chi connectivity index (χ1n) is 18.7. The average Bonchev–Trinajstić information content (AvgIpc) is 2.98. The first kappa shape index (κ1) is 40.0. The van der Waals surface area contributed by atoms with Crippen molar-refractivity contribution >= 4 is 5.97 Å². The third-order valence-corrected chi connectivity index (χ3v) is 8.37. The summed E-state index contributed by atoms with van der Waals surface area (Å²) in [7, 11) is 0. The number of hydrogen-bond acceptors (Lipinski definition) is 3. The van der Waals surface area contributed by atoms with Gasteiger partial charge in [0.25, 0.3) is 0 Å². The quantitative estimate of drug-likeness (QED) is 0.0426. The second-order valence-corrected chi connectivity index (χ2v) is 12.5. The van der Waals surface area contributed by atoms with Gasteiger partial charge in [0.1, 0.15) is 13.2 Å². The van der Waals surface area contributed by atoms with Gasteiger partial charge in [-0.25, -0.2) is 0 Å². The Hall–Kier alpha value is -0.990. The van der Waals surface area contributed by atoms with Gasteiger partial charge >= 0.3 is 5.97 Å². The van der Waals surface area contributed by atoms with Crippen LogP contribution in [0.2, 0.25) is 0 Å². The molecule has 0 saturated carbocycles. The van der Waals surface area contributed by atoms with Gasteiger partial charge < -0.3 is 9.47 Å². The highest BCUT2D eigenvalue weighted by Gasteiger charge is 2.02. The summed E-state index contributed by atoms with van der Waals surface area (Å²) < 4.78 is 10.8. The molecule has 41 heavy (non-hydrogen) atoms. The third-order valence-electron chi connectivity index (χ3n) is 8.37. The molecule has 0 bridgehead atoms. The van der Waals surface area contributed by atoms with E-state index < -0.39 is 0 Å². The van der Waals surface area contributed by atoms with Gasteiger partial charge in [0, 0.05) is 6.42 Å². The molecule has 0 N–H and O–H groups in total. The lowest BCUT2D eigenvalue weighted by Gasteiger charge is -2.05. The molecule has 0 aliphatic rings. The van der Waals surface area contributed by atoms with Crippen molar-refractivity contribution in [3.8, 4) is 0 Å². The Morgan fingerprint density at radius 2 is 0.780 bits per heavy atom. The SMILES string of the molecule is CCCCCCCCCCCCCCCCC=COCCOC(=O)CCCCCCCCCCCCCCCCC. The summed E-state index contributed by atoms with van der Waals surface area (Å²) in [6.45, 7) is 5.39. The topological polar surface area (TPSA) is 35.5 Å². The number of carbonyl (C=O) groups is 1. The zero-order valence-electron chi connectivity index (χ0n) is 28.2. The smallest absolute Gasteiger partial charge is 0.305 e. The fourth-order valence-corrected chi connectivity index (χ4v) is 5.58. The number of allylic oxidation sites excluding steroid dienone is 1. The van der Waals surface area contributed by atoms with Crippen molar-refractivity contribution in [3.05, 3.63) is 12.3 Å². The molecule has 0 amide bonds. The van der Waals surface area contributed by atoms with Crippen molar-refractivity contribution in [3.63, 3.8) is 0 Å². The minimum Gasteiger partial charge on any atom is -0.498 e. The van der Waals surface area contributed by atoms with Crippen molar-refractivity contribution in [2.45, 2.75) is 213 Å². The molecule has 0 atom stereocenters. The fraction of sp³-hybridized carbons (Fsp3) is 0.921. The van der Waals surface area contributed by atoms with E-state index in [1.807, 2.05) is 0 Å². The minimum atomic E-state index is -0.0744. The van der Waals surface area contributed by atoms with Crippen molar-refractivity contribution in [2.75, 3.05) is 13.2 Å². The van der Waals surface area contributed by atoms with Crippen LogP contribution in [0.25, 0.3) is 0 Å². The minimum absolute atomic E-state index is 0.0744. The van der Waals surface area contributed by atoms with Crippen LogP contribution in [0.3, 0.4) is 0 Å². The molecule has 0 fully saturated rings. The van der Waals surface area contributed by atoms with Crippen LogP contribution in [0.1, 0.15) is 213 Å². The molecule has 0 rings (SSSR count). The fourth-order valence-electron chi connectivity index (χ4n) is 5.58. The molecule has 0 radical (unpaired) electrons. The monoisotopic (exact) mass is 579 g/mol. The van der Waals surface area contributed by atoms with E-state index in [9.17, 15) is 4.79 Å². The van der Waals surface area contributed by atoms with Gasteiger partial charge in [-0.1, -0.05) is 187 Å². The Balaban J connectivity index is 3.20. The molecule has 0 aromatic carbocycles. The highest BCUT2D eigenvalue weighted by atomic mass is 16.6. The van der Waals surface area contributed by atoms with E-state index in [0.29, 0.717) is 19.6 Å². The van der Waals surface area contributed by atoms with E-state index in [4.69, 9.17) is 9.47 Å². The average molecular weight is 579 g/mol. The molecule has 0 aliphatic carbocycles. The molecule has 0 unspecified atom stereocenters. The van der Waals surface area contributed by atoms with Gasteiger partial charge in [-0.15, -0.1) is 0 Å².